The fourth-order valence-corrected chi connectivity index (χ4v) is 2.91. The van der Waals surface area contributed by atoms with Crippen molar-refractivity contribution in [2.45, 2.75) is 18.9 Å². The molecule has 3 rings (SSSR count). The van der Waals surface area contributed by atoms with E-state index in [1.54, 1.807) is 18.2 Å². The molecule has 0 bridgehead atoms. The number of thiophene rings is 1. The van der Waals surface area contributed by atoms with Crippen molar-refractivity contribution >= 4 is 34.5 Å². The van der Waals surface area contributed by atoms with Crippen molar-refractivity contribution < 1.29 is 14.3 Å². The standard InChI is InChI=1S/C16H16N2O3S/c19-15(13-7-3-9-21-13)17-11-5-1-2-6-12(11)18-16(20)14-8-4-10-22-14/h1-2,4-6,8,10,13H,3,7,9H2,(H,17,19)(H,18,20). The Kier molecular flexibility index (Phi) is 4.50. The number of carbonyl (C=O) groups is 2. The molecule has 0 aliphatic carbocycles. The van der Waals surface area contributed by atoms with Gasteiger partial charge in [-0.2, -0.15) is 0 Å². The summed E-state index contributed by atoms with van der Waals surface area (Å²) in [6.07, 6.45) is 1.23. The molecule has 2 amide bonds. The van der Waals surface area contributed by atoms with Gasteiger partial charge in [-0.1, -0.05) is 18.2 Å². The number of ether oxygens (including phenoxy) is 1. The molecule has 114 valence electrons. The van der Waals surface area contributed by atoms with Gasteiger partial charge in [-0.25, -0.2) is 0 Å². The van der Waals surface area contributed by atoms with E-state index in [1.807, 2.05) is 23.6 Å². The summed E-state index contributed by atoms with van der Waals surface area (Å²) >= 11 is 1.37. The van der Waals surface area contributed by atoms with Crippen molar-refractivity contribution in [2.24, 2.45) is 0 Å². The number of para-hydroxylation sites is 2. The van der Waals surface area contributed by atoms with Gasteiger partial charge in [-0.05, 0) is 36.4 Å². The Balaban J connectivity index is 1.72. The normalized spacial score (nSPS) is 17.2. The molecule has 22 heavy (non-hydrogen) atoms. The smallest absolute Gasteiger partial charge is 0.265 e. The summed E-state index contributed by atoms with van der Waals surface area (Å²) < 4.78 is 5.37. The van der Waals surface area contributed by atoms with E-state index < -0.39 is 6.10 Å². The monoisotopic (exact) mass is 316 g/mol. The number of carbonyl (C=O) groups excluding carboxylic acids is 2. The highest BCUT2D eigenvalue weighted by atomic mass is 32.1. The van der Waals surface area contributed by atoms with Crippen molar-refractivity contribution in [2.75, 3.05) is 17.2 Å². The summed E-state index contributed by atoms with van der Waals surface area (Å²) in [5.41, 5.74) is 1.15. The Morgan fingerprint density at radius 3 is 2.50 bits per heavy atom. The Hall–Kier alpha value is -2.18. The maximum absolute atomic E-state index is 12.1. The first-order chi connectivity index (χ1) is 10.7. The van der Waals surface area contributed by atoms with Crippen LogP contribution in [0.15, 0.2) is 41.8 Å². The number of hydrogen-bond donors (Lipinski definition) is 2. The highest BCUT2D eigenvalue weighted by Gasteiger charge is 2.24. The van der Waals surface area contributed by atoms with Crippen LogP contribution in [0.2, 0.25) is 0 Å². The van der Waals surface area contributed by atoms with E-state index in [-0.39, 0.29) is 11.8 Å². The van der Waals surface area contributed by atoms with Crippen LogP contribution in [0.3, 0.4) is 0 Å². The third kappa shape index (κ3) is 3.35. The Bertz CT molecular complexity index is 664. The molecular weight excluding hydrogens is 300 g/mol. The molecule has 2 heterocycles. The van der Waals surface area contributed by atoms with Crippen molar-refractivity contribution in [3.63, 3.8) is 0 Å². The topological polar surface area (TPSA) is 67.4 Å². The lowest BCUT2D eigenvalue weighted by Gasteiger charge is -2.14. The number of anilines is 2. The number of benzene rings is 1. The molecule has 1 aromatic carbocycles. The fourth-order valence-electron chi connectivity index (χ4n) is 2.29. The predicted molar refractivity (Wildman–Crippen MR) is 86.3 cm³/mol. The number of amides is 2. The molecule has 1 saturated heterocycles. The molecule has 1 atom stereocenters. The van der Waals surface area contributed by atoms with Crippen LogP contribution in [0.4, 0.5) is 11.4 Å². The van der Waals surface area contributed by atoms with E-state index in [1.165, 1.54) is 11.3 Å². The van der Waals surface area contributed by atoms with Gasteiger partial charge in [0.05, 0.1) is 16.3 Å². The quantitative estimate of drug-likeness (QED) is 0.910. The van der Waals surface area contributed by atoms with Crippen molar-refractivity contribution in [1.82, 2.24) is 0 Å². The van der Waals surface area contributed by atoms with Crippen LogP contribution in [0.1, 0.15) is 22.5 Å². The molecule has 1 aliphatic rings. The van der Waals surface area contributed by atoms with Crippen LogP contribution in [0, 0.1) is 0 Å². The van der Waals surface area contributed by atoms with Crippen LogP contribution < -0.4 is 10.6 Å². The maximum atomic E-state index is 12.1. The highest BCUT2D eigenvalue weighted by molar-refractivity contribution is 7.12. The molecule has 1 aromatic heterocycles. The SMILES string of the molecule is O=C(Nc1ccccc1NC(=O)C1CCCO1)c1cccs1. The Morgan fingerprint density at radius 2 is 1.86 bits per heavy atom. The van der Waals surface area contributed by atoms with Gasteiger partial charge in [0, 0.05) is 6.61 Å². The minimum Gasteiger partial charge on any atom is -0.368 e. The Labute approximate surface area is 132 Å². The van der Waals surface area contributed by atoms with E-state index in [4.69, 9.17) is 4.74 Å². The summed E-state index contributed by atoms with van der Waals surface area (Å²) in [5.74, 6) is -0.357. The van der Waals surface area contributed by atoms with Gasteiger partial charge in [0.25, 0.3) is 11.8 Å². The van der Waals surface area contributed by atoms with Crippen LogP contribution in [-0.4, -0.2) is 24.5 Å². The molecule has 0 saturated carbocycles. The highest BCUT2D eigenvalue weighted by Crippen LogP contribution is 2.24. The van der Waals surface area contributed by atoms with E-state index in [9.17, 15) is 9.59 Å². The average molecular weight is 316 g/mol. The summed E-state index contributed by atoms with van der Waals surface area (Å²) in [5, 5.41) is 7.50. The fraction of sp³-hybridized carbons (Fsp3) is 0.250. The van der Waals surface area contributed by atoms with E-state index >= 15 is 0 Å². The van der Waals surface area contributed by atoms with Crippen molar-refractivity contribution in [3.05, 3.63) is 46.7 Å². The molecule has 2 aromatic rings. The number of rotatable bonds is 4. The Morgan fingerprint density at radius 1 is 1.09 bits per heavy atom. The molecule has 5 nitrogen and oxygen atoms in total. The van der Waals surface area contributed by atoms with Crippen LogP contribution >= 0.6 is 11.3 Å². The van der Waals surface area contributed by atoms with E-state index in [0.717, 1.165) is 12.8 Å². The molecule has 2 N–H and O–H groups in total. The van der Waals surface area contributed by atoms with Gasteiger partial charge in [0.15, 0.2) is 0 Å². The minimum atomic E-state index is -0.402. The number of nitrogens with one attached hydrogen (secondary N) is 2. The van der Waals surface area contributed by atoms with Crippen LogP contribution in [-0.2, 0) is 9.53 Å². The number of hydrogen-bond acceptors (Lipinski definition) is 4. The van der Waals surface area contributed by atoms with Crippen molar-refractivity contribution in [3.8, 4) is 0 Å². The van der Waals surface area contributed by atoms with Gasteiger partial charge >= 0.3 is 0 Å². The van der Waals surface area contributed by atoms with Gasteiger partial charge in [0.1, 0.15) is 6.10 Å². The van der Waals surface area contributed by atoms with Crippen molar-refractivity contribution in [1.29, 1.82) is 0 Å². The zero-order valence-electron chi connectivity index (χ0n) is 11.9. The second-order valence-electron chi connectivity index (χ2n) is 4.97. The summed E-state index contributed by atoms with van der Waals surface area (Å²) in [4.78, 5) is 24.9. The molecule has 1 aliphatic heterocycles. The molecular formula is C16H16N2O3S. The first-order valence-corrected chi connectivity index (χ1v) is 7.98. The zero-order valence-corrected chi connectivity index (χ0v) is 12.7. The van der Waals surface area contributed by atoms with Gasteiger partial charge < -0.3 is 15.4 Å². The first kappa shape index (κ1) is 14.7. The van der Waals surface area contributed by atoms with Crippen LogP contribution in [0.25, 0.3) is 0 Å². The summed E-state index contributed by atoms with van der Waals surface area (Å²) in [6.45, 7) is 0.620. The lowest BCUT2D eigenvalue weighted by atomic mass is 10.2. The summed E-state index contributed by atoms with van der Waals surface area (Å²) in [7, 11) is 0. The second kappa shape index (κ2) is 6.72. The third-order valence-corrected chi connectivity index (χ3v) is 4.27. The predicted octanol–water partition coefficient (Wildman–Crippen LogP) is 3.12. The molecule has 6 heteroatoms. The zero-order chi connectivity index (χ0) is 15.4. The first-order valence-electron chi connectivity index (χ1n) is 7.10. The lowest BCUT2D eigenvalue weighted by Crippen LogP contribution is -2.27. The maximum Gasteiger partial charge on any atom is 0.265 e. The van der Waals surface area contributed by atoms with Crippen LogP contribution in [0.5, 0.6) is 0 Å². The average Bonchev–Trinajstić information content (AvgIpc) is 3.23. The molecule has 0 radical (unpaired) electrons. The van der Waals surface area contributed by atoms with Gasteiger partial charge in [-0.3, -0.25) is 9.59 Å². The molecule has 1 fully saturated rings. The van der Waals surface area contributed by atoms with Gasteiger partial charge in [-0.15, -0.1) is 11.3 Å². The third-order valence-electron chi connectivity index (χ3n) is 3.40. The minimum absolute atomic E-state index is 0.171. The van der Waals surface area contributed by atoms with E-state index in [0.29, 0.717) is 22.9 Å². The lowest BCUT2D eigenvalue weighted by molar-refractivity contribution is -0.124. The summed E-state index contributed by atoms with van der Waals surface area (Å²) in [6, 6.07) is 10.7. The molecule has 0 spiro atoms. The van der Waals surface area contributed by atoms with E-state index in [2.05, 4.69) is 10.6 Å². The largest absolute Gasteiger partial charge is 0.368 e. The van der Waals surface area contributed by atoms with Gasteiger partial charge in [0.2, 0.25) is 0 Å². The molecule has 1 unspecified atom stereocenters. The second-order valence-corrected chi connectivity index (χ2v) is 5.92.